The first-order valence-corrected chi connectivity index (χ1v) is 32.8. The van der Waals surface area contributed by atoms with Crippen LogP contribution in [0.2, 0.25) is 5.28 Å². The van der Waals surface area contributed by atoms with E-state index in [0.717, 1.165) is 66.7 Å². The van der Waals surface area contributed by atoms with E-state index in [-0.39, 0.29) is 16.1 Å². The van der Waals surface area contributed by atoms with Gasteiger partial charge in [-0.1, -0.05) is 210 Å². The molecule has 0 saturated heterocycles. The molecule has 0 aliphatic heterocycles. The molecule has 0 saturated carbocycles. The van der Waals surface area contributed by atoms with Crippen LogP contribution in [0.3, 0.4) is 0 Å². The van der Waals surface area contributed by atoms with E-state index in [2.05, 4.69) is 311 Å². The van der Waals surface area contributed by atoms with Crippen LogP contribution >= 0.6 is 11.6 Å². The van der Waals surface area contributed by atoms with Crippen LogP contribution in [0.25, 0.3) is 149 Å². The molecule has 0 fully saturated rings. The molecule has 6 aromatic heterocycles. The van der Waals surface area contributed by atoms with Gasteiger partial charge in [-0.25, -0.2) is 19.9 Å². The topological polar surface area (TPSA) is 82.1 Å². The van der Waals surface area contributed by atoms with Crippen molar-refractivity contribution in [3.05, 3.63) is 319 Å². The number of para-hydroxylation sites is 6. The Morgan fingerprint density at radius 2 is 0.789 bits per heavy atom. The number of benzene rings is 12. The molecular weight excluding hydrogens is 1180 g/mol. The van der Waals surface area contributed by atoms with Crippen LogP contribution < -0.4 is 0 Å². The summed E-state index contributed by atoms with van der Waals surface area (Å²) in [5.74, 6) is 0.672. The summed E-state index contributed by atoms with van der Waals surface area (Å²) in [5, 5.41) is 9.68. The maximum Gasteiger partial charge on any atom is 0.235 e. The molecule has 0 radical (unpaired) electrons. The first-order valence-electron chi connectivity index (χ1n) is 32.4. The molecule has 6 heterocycles. The first kappa shape index (κ1) is 56.1. The third kappa shape index (κ3) is 8.82. The Morgan fingerprint density at radius 1 is 0.337 bits per heavy atom. The number of hydrogen-bond acceptors (Lipinski definition) is 4. The molecule has 0 unspecified atom stereocenters. The lowest BCUT2D eigenvalue weighted by Gasteiger charge is -2.21. The summed E-state index contributed by atoms with van der Waals surface area (Å²) in [5.41, 5.74) is 26.1. The van der Waals surface area contributed by atoms with Crippen LogP contribution in [-0.4, -0.2) is 38.6 Å². The predicted molar refractivity (Wildman–Crippen MR) is 394 cm³/mol. The Kier molecular flexibility index (Phi) is 12.8. The number of rotatable bonds is 5. The molecule has 0 spiro atoms. The SMILES string of the molecule is CC1(C)c2ccccc2-c2c1ccc1[nH]ccc21.CC1(C)c2ccccc2-c2c1ccc1c2ccn1-c1nc(-c2ccc3c(c2)c2ccccc2n3-c2ccccc2)c2ccccc2n1.Clc1nc(-c2ccc3c(c2)c2ccccc2n3-c2ccccc2)c2ccccc2n1. The van der Waals surface area contributed by atoms with Crippen molar-refractivity contribution in [2.24, 2.45) is 0 Å². The standard InChI is InChI=1S/C43H30N4.C26H16ClN3.C17H15N/c1-43(2)34-17-9-6-15-30(34)40-32-24-25-46(37(32)23-21-35(40)43)42-44-36-18-10-7-16-31(36)41(45-42)27-20-22-39-33(26-27)29-14-8-11-19-38(29)47(39)28-12-4-3-5-13-28;27-26-28-22-12-6-4-11-20(22)25(29-26)17-14-15-24-21(16-17)19-10-5-7-13-23(19)30(24)18-8-2-1-3-9-18;1-17(2)13-6-4-3-5-11(13)16-12-9-10-18-15(12)8-7-14(16)17/h3-26H,1-2H3;1-16H;3-10,18H,1-2H3. The molecule has 2 aliphatic rings. The van der Waals surface area contributed by atoms with Crippen LogP contribution in [0.5, 0.6) is 0 Å². The van der Waals surface area contributed by atoms with Gasteiger partial charge in [0.15, 0.2) is 0 Å². The number of halogens is 1. The van der Waals surface area contributed by atoms with E-state index in [1.807, 2.05) is 36.5 Å². The number of nitrogens with zero attached hydrogens (tertiary/aromatic N) is 7. The summed E-state index contributed by atoms with van der Waals surface area (Å²) in [4.78, 5) is 22.7. The van der Waals surface area contributed by atoms with Crippen molar-refractivity contribution >= 4 is 98.8 Å². The minimum atomic E-state index is -0.0445. The molecule has 8 nitrogen and oxygen atoms in total. The zero-order chi connectivity index (χ0) is 63.7. The number of nitrogens with one attached hydrogen (secondary N) is 1. The average molecular weight is 1240 g/mol. The Bertz CT molecular complexity index is 6130. The van der Waals surface area contributed by atoms with Crippen molar-refractivity contribution in [1.82, 2.24) is 38.6 Å². The normalized spacial score (nSPS) is 13.3. The van der Waals surface area contributed by atoms with Gasteiger partial charge in [0.2, 0.25) is 11.2 Å². The summed E-state index contributed by atoms with van der Waals surface area (Å²) >= 11 is 6.24. The fourth-order valence-electron chi connectivity index (χ4n) is 15.5. The van der Waals surface area contributed by atoms with E-state index in [9.17, 15) is 0 Å². The molecule has 0 amide bonds. The third-order valence-electron chi connectivity index (χ3n) is 20.0. The lowest BCUT2D eigenvalue weighted by atomic mass is 9.82. The number of hydrogen-bond donors (Lipinski definition) is 1. The van der Waals surface area contributed by atoms with Gasteiger partial charge in [0, 0.05) is 94.3 Å². The molecule has 95 heavy (non-hydrogen) atoms. The number of fused-ring (bicyclic) bond motifs is 18. The highest BCUT2D eigenvalue weighted by Gasteiger charge is 2.38. The van der Waals surface area contributed by atoms with Gasteiger partial charge in [-0.2, -0.15) is 0 Å². The summed E-state index contributed by atoms with van der Waals surface area (Å²) in [6.07, 6.45) is 4.16. The van der Waals surface area contributed by atoms with Crippen LogP contribution in [0.15, 0.2) is 291 Å². The molecule has 2 aliphatic carbocycles. The second-order valence-electron chi connectivity index (χ2n) is 26.0. The summed E-state index contributed by atoms with van der Waals surface area (Å²) in [7, 11) is 0. The minimum absolute atomic E-state index is 0.0445. The van der Waals surface area contributed by atoms with Crippen molar-refractivity contribution in [3.63, 3.8) is 0 Å². The van der Waals surface area contributed by atoms with Crippen LogP contribution in [0.1, 0.15) is 49.9 Å². The van der Waals surface area contributed by atoms with Gasteiger partial charge in [-0.3, -0.25) is 4.57 Å². The minimum Gasteiger partial charge on any atom is -0.361 e. The lowest BCUT2D eigenvalue weighted by molar-refractivity contribution is 0.660. The second kappa shape index (κ2) is 21.7. The van der Waals surface area contributed by atoms with Crippen LogP contribution in [0.4, 0.5) is 0 Å². The quantitative estimate of drug-likeness (QED) is 0.174. The van der Waals surface area contributed by atoms with E-state index in [0.29, 0.717) is 5.95 Å². The predicted octanol–water partition coefficient (Wildman–Crippen LogP) is 22.2. The summed E-state index contributed by atoms with van der Waals surface area (Å²) in [6.45, 7) is 9.28. The zero-order valence-electron chi connectivity index (χ0n) is 52.7. The molecule has 1 N–H and O–H groups in total. The number of aromatic amines is 1. The van der Waals surface area contributed by atoms with Crippen molar-refractivity contribution in [2.45, 2.75) is 38.5 Å². The molecule has 9 heteroatoms. The third-order valence-corrected chi connectivity index (χ3v) is 20.2. The fourth-order valence-corrected chi connectivity index (χ4v) is 15.7. The van der Waals surface area contributed by atoms with E-state index in [1.54, 1.807) is 0 Å². The zero-order valence-corrected chi connectivity index (χ0v) is 53.5. The Labute approximate surface area is 553 Å². The highest BCUT2D eigenvalue weighted by atomic mass is 35.5. The number of aromatic nitrogens is 8. The van der Waals surface area contributed by atoms with Crippen molar-refractivity contribution in [3.8, 4) is 62.1 Å². The molecule has 0 atom stereocenters. The van der Waals surface area contributed by atoms with Crippen LogP contribution in [0, 0.1) is 0 Å². The first-order chi connectivity index (χ1) is 46.6. The Morgan fingerprint density at radius 3 is 1.37 bits per heavy atom. The van der Waals surface area contributed by atoms with Gasteiger partial charge >= 0.3 is 0 Å². The second-order valence-corrected chi connectivity index (χ2v) is 26.3. The maximum atomic E-state index is 6.24. The van der Waals surface area contributed by atoms with E-state index in [1.165, 1.54) is 98.9 Å². The Hall–Kier alpha value is -11.7. The van der Waals surface area contributed by atoms with Gasteiger partial charge in [-0.05, 0) is 153 Å². The monoisotopic (exact) mass is 1240 g/mol. The summed E-state index contributed by atoms with van der Waals surface area (Å²) < 4.78 is 6.81. The van der Waals surface area contributed by atoms with Gasteiger partial charge in [-0.15, -0.1) is 0 Å². The molecule has 20 rings (SSSR count). The van der Waals surface area contributed by atoms with Gasteiger partial charge < -0.3 is 14.1 Å². The molecule has 18 aromatic rings. The number of H-pyrrole nitrogens is 1. The molecular formula is C86H61ClN8. The van der Waals surface area contributed by atoms with E-state index >= 15 is 0 Å². The maximum absolute atomic E-state index is 6.24. The molecule has 0 bridgehead atoms. The lowest BCUT2D eigenvalue weighted by Crippen LogP contribution is -2.14. The highest BCUT2D eigenvalue weighted by molar-refractivity contribution is 6.29. The van der Waals surface area contributed by atoms with Crippen molar-refractivity contribution in [1.29, 1.82) is 0 Å². The van der Waals surface area contributed by atoms with Gasteiger partial charge in [0.05, 0.1) is 50.0 Å². The Balaban J connectivity index is 0.000000117. The van der Waals surface area contributed by atoms with E-state index < -0.39 is 0 Å². The molecule has 452 valence electrons. The van der Waals surface area contributed by atoms with Crippen LogP contribution in [-0.2, 0) is 10.8 Å². The molecule has 12 aromatic carbocycles. The van der Waals surface area contributed by atoms with Gasteiger partial charge in [0.25, 0.3) is 0 Å². The largest absolute Gasteiger partial charge is 0.361 e. The summed E-state index contributed by atoms with van der Waals surface area (Å²) in [6, 6.07) is 98.8. The fraction of sp³-hybridized carbons (Fsp3) is 0.0698. The highest BCUT2D eigenvalue weighted by Crippen LogP contribution is 2.53. The van der Waals surface area contributed by atoms with Gasteiger partial charge in [0.1, 0.15) is 0 Å². The van der Waals surface area contributed by atoms with Crippen molar-refractivity contribution < 1.29 is 0 Å². The van der Waals surface area contributed by atoms with Crippen molar-refractivity contribution in [2.75, 3.05) is 0 Å². The van der Waals surface area contributed by atoms with E-state index in [4.69, 9.17) is 21.6 Å². The smallest absolute Gasteiger partial charge is 0.235 e. The average Bonchev–Trinajstić information content (AvgIpc) is 1.59.